The van der Waals surface area contributed by atoms with E-state index in [-0.39, 0.29) is 6.54 Å². The van der Waals surface area contributed by atoms with Gasteiger partial charge in [0.1, 0.15) is 9.88 Å². The Morgan fingerprint density at radius 1 is 1.32 bits per heavy atom. The van der Waals surface area contributed by atoms with Crippen molar-refractivity contribution in [2.24, 2.45) is 0 Å². The molecule has 7 heteroatoms. The van der Waals surface area contributed by atoms with Gasteiger partial charge in [0.05, 0.1) is 12.2 Å². The number of carboxylic acid groups (broad SMARTS) is 1. The molecule has 3 N–H and O–H groups in total. The summed E-state index contributed by atoms with van der Waals surface area (Å²) in [7, 11) is 0. The molecule has 2 aromatic rings. The number of hydrogen-bond acceptors (Lipinski definition) is 5. The van der Waals surface area contributed by atoms with Gasteiger partial charge in [-0.25, -0.2) is 9.78 Å². The van der Waals surface area contributed by atoms with Crippen molar-refractivity contribution in [1.29, 1.82) is 0 Å². The van der Waals surface area contributed by atoms with Gasteiger partial charge in [0.15, 0.2) is 5.60 Å². The van der Waals surface area contributed by atoms with Crippen LogP contribution in [0.25, 0.3) is 10.6 Å². The Morgan fingerprint density at radius 3 is 2.55 bits per heavy atom. The van der Waals surface area contributed by atoms with Gasteiger partial charge in [0, 0.05) is 5.56 Å². The van der Waals surface area contributed by atoms with Crippen molar-refractivity contribution in [2.45, 2.75) is 19.4 Å². The van der Waals surface area contributed by atoms with Crippen LogP contribution in [0.1, 0.15) is 22.3 Å². The first-order valence-electron chi connectivity index (χ1n) is 6.58. The summed E-state index contributed by atoms with van der Waals surface area (Å²) in [6.45, 7) is 2.47. The van der Waals surface area contributed by atoms with Crippen molar-refractivity contribution in [1.82, 2.24) is 10.3 Å². The third-order valence-corrected chi connectivity index (χ3v) is 4.28. The molecule has 22 heavy (non-hydrogen) atoms. The summed E-state index contributed by atoms with van der Waals surface area (Å²) >= 11 is 1.23. The summed E-state index contributed by atoms with van der Waals surface area (Å²) in [6.07, 6.45) is 0. The van der Waals surface area contributed by atoms with Crippen LogP contribution in [-0.2, 0) is 4.79 Å². The lowest BCUT2D eigenvalue weighted by Gasteiger charge is -2.17. The highest BCUT2D eigenvalue weighted by atomic mass is 32.1. The Kier molecular flexibility index (Phi) is 4.58. The molecule has 0 bridgehead atoms. The second kappa shape index (κ2) is 6.25. The number of aliphatic hydroxyl groups is 1. The van der Waals surface area contributed by atoms with Crippen molar-refractivity contribution >= 4 is 23.2 Å². The number of benzene rings is 1. The fraction of sp³-hybridized carbons (Fsp3) is 0.267. The average molecular weight is 320 g/mol. The summed E-state index contributed by atoms with van der Waals surface area (Å²) in [6, 6.07) is 9.46. The quantitative estimate of drug-likeness (QED) is 0.778. The molecule has 0 aliphatic rings. The van der Waals surface area contributed by atoms with Crippen LogP contribution in [0.3, 0.4) is 0 Å². The molecular formula is C15H16N2O4S. The first-order valence-corrected chi connectivity index (χ1v) is 7.40. The molecule has 6 nitrogen and oxygen atoms in total. The molecule has 0 aliphatic carbocycles. The SMILES string of the molecule is Cc1nc(-c2ccccc2)sc1C(=O)NCC(C)(O)C(=O)O. The Bertz CT molecular complexity index is 695. The van der Waals surface area contributed by atoms with Gasteiger partial charge in [-0.05, 0) is 13.8 Å². The second-order valence-electron chi connectivity index (χ2n) is 5.06. The van der Waals surface area contributed by atoms with E-state index < -0.39 is 17.5 Å². The fourth-order valence-electron chi connectivity index (χ4n) is 1.72. The zero-order valence-corrected chi connectivity index (χ0v) is 13.0. The second-order valence-corrected chi connectivity index (χ2v) is 6.06. The van der Waals surface area contributed by atoms with E-state index in [1.54, 1.807) is 6.92 Å². The van der Waals surface area contributed by atoms with Crippen LogP contribution >= 0.6 is 11.3 Å². The van der Waals surface area contributed by atoms with Crippen molar-refractivity contribution in [2.75, 3.05) is 6.54 Å². The summed E-state index contributed by atoms with van der Waals surface area (Å²) in [5.41, 5.74) is -0.528. The number of aromatic nitrogens is 1. The first-order chi connectivity index (χ1) is 10.3. The number of nitrogens with one attached hydrogen (secondary N) is 1. The molecule has 1 aromatic heterocycles. The third-order valence-electron chi connectivity index (χ3n) is 3.08. The number of carbonyl (C=O) groups is 2. The monoisotopic (exact) mass is 320 g/mol. The number of nitrogens with zero attached hydrogens (tertiary/aromatic N) is 1. The number of thiazole rings is 1. The fourth-order valence-corrected chi connectivity index (χ4v) is 2.71. The van der Waals surface area contributed by atoms with Gasteiger partial charge in [-0.3, -0.25) is 4.79 Å². The minimum absolute atomic E-state index is 0.376. The van der Waals surface area contributed by atoms with E-state index in [9.17, 15) is 14.7 Å². The van der Waals surface area contributed by atoms with E-state index in [2.05, 4.69) is 10.3 Å². The standard InChI is InChI=1S/C15H16N2O4S/c1-9-11(12(18)16-8-15(2,21)14(19)20)22-13(17-9)10-6-4-3-5-7-10/h3-7,21H,8H2,1-2H3,(H,16,18)(H,19,20). The van der Waals surface area contributed by atoms with E-state index in [0.29, 0.717) is 15.6 Å². The molecular weight excluding hydrogens is 304 g/mol. The number of aryl methyl sites for hydroxylation is 1. The number of hydrogen-bond donors (Lipinski definition) is 3. The summed E-state index contributed by atoms with van der Waals surface area (Å²) in [5, 5.41) is 21.6. The lowest BCUT2D eigenvalue weighted by atomic mass is 10.1. The maximum absolute atomic E-state index is 12.1. The summed E-state index contributed by atoms with van der Waals surface area (Å²) < 4.78 is 0. The van der Waals surface area contributed by atoms with Crippen LogP contribution in [0.15, 0.2) is 30.3 Å². The minimum Gasteiger partial charge on any atom is -0.479 e. The van der Waals surface area contributed by atoms with Gasteiger partial charge >= 0.3 is 5.97 Å². The van der Waals surface area contributed by atoms with E-state index in [1.165, 1.54) is 11.3 Å². The van der Waals surface area contributed by atoms with Crippen LogP contribution in [0.2, 0.25) is 0 Å². The van der Waals surface area contributed by atoms with Gasteiger partial charge in [0.2, 0.25) is 0 Å². The molecule has 0 spiro atoms. The molecule has 1 aromatic carbocycles. The Labute approximate surface area is 131 Å². The van der Waals surface area contributed by atoms with Crippen molar-refractivity contribution in [3.63, 3.8) is 0 Å². The van der Waals surface area contributed by atoms with Crippen LogP contribution in [0, 0.1) is 6.92 Å². The third kappa shape index (κ3) is 3.49. The molecule has 0 radical (unpaired) electrons. The number of aliphatic carboxylic acids is 1. The highest BCUT2D eigenvalue weighted by Crippen LogP contribution is 2.27. The number of amides is 1. The van der Waals surface area contributed by atoms with Crippen LogP contribution in [-0.4, -0.2) is 39.2 Å². The molecule has 1 amide bonds. The smallest absolute Gasteiger partial charge is 0.337 e. The predicted molar refractivity (Wildman–Crippen MR) is 82.9 cm³/mol. The predicted octanol–water partition coefficient (Wildman–Crippen LogP) is 1.68. The molecule has 0 saturated carbocycles. The lowest BCUT2D eigenvalue weighted by Crippen LogP contribution is -2.46. The van der Waals surface area contributed by atoms with E-state index in [4.69, 9.17) is 5.11 Å². The number of carboxylic acids is 1. The van der Waals surface area contributed by atoms with Gasteiger partial charge in [-0.2, -0.15) is 0 Å². The van der Waals surface area contributed by atoms with Crippen LogP contribution in [0.5, 0.6) is 0 Å². The van der Waals surface area contributed by atoms with Crippen molar-refractivity contribution in [3.8, 4) is 10.6 Å². The molecule has 1 unspecified atom stereocenters. The molecule has 0 saturated heterocycles. The lowest BCUT2D eigenvalue weighted by molar-refractivity contribution is -0.155. The number of carbonyl (C=O) groups excluding carboxylic acids is 1. The maximum Gasteiger partial charge on any atom is 0.337 e. The maximum atomic E-state index is 12.1. The summed E-state index contributed by atoms with van der Waals surface area (Å²) in [5.74, 6) is -1.84. The van der Waals surface area contributed by atoms with Crippen LogP contribution < -0.4 is 5.32 Å². The van der Waals surface area contributed by atoms with Gasteiger partial charge < -0.3 is 15.5 Å². The van der Waals surface area contributed by atoms with Crippen LogP contribution in [0.4, 0.5) is 0 Å². The molecule has 2 rings (SSSR count). The minimum atomic E-state index is -2.00. The zero-order valence-electron chi connectivity index (χ0n) is 12.2. The Balaban J connectivity index is 2.15. The Morgan fingerprint density at radius 2 is 1.95 bits per heavy atom. The Hall–Kier alpha value is -2.25. The summed E-state index contributed by atoms with van der Waals surface area (Å²) in [4.78, 5) is 27.7. The highest BCUT2D eigenvalue weighted by molar-refractivity contribution is 7.17. The van der Waals surface area contributed by atoms with Crippen molar-refractivity contribution < 1.29 is 19.8 Å². The van der Waals surface area contributed by atoms with Gasteiger partial charge in [-0.1, -0.05) is 30.3 Å². The molecule has 116 valence electrons. The normalized spacial score (nSPS) is 13.4. The first kappa shape index (κ1) is 16.1. The van der Waals surface area contributed by atoms with Gasteiger partial charge in [0.25, 0.3) is 5.91 Å². The zero-order chi connectivity index (χ0) is 16.3. The van der Waals surface area contributed by atoms with E-state index >= 15 is 0 Å². The molecule has 0 aliphatic heterocycles. The highest BCUT2D eigenvalue weighted by Gasteiger charge is 2.30. The molecule has 0 fully saturated rings. The number of rotatable bonds is 5. The average Bonchev–Trinajstić information content (AvgIpc) is 2.88. The van der Waals surface area contributed by atoms with Crippen molar-refractivity contribution in [3.05, 3.63) is 40.9 Å². The largest absolute Gasteiger partial charge is 0.479 e. The van der Waals surface area contributed by atoms with E-state index in [1.807, 2.05) is 30.3 Å². The molecule has 1 atom stereocenters. The van der Waals surface area contributed by atoms with E-state index in [0.717, 1.165) is 12.5 Å². The topological polar surface area (TPSA) is 99.5 Å². The van der Waals surface area contributed by atoms with Gasteiger partial charge in [-0.15, -0.1) is 11.3 Å². The molecule has 1 heterocycles.